The summed E-state index contributed by atoms with van der Waals surface area (Å²) in [6.07, 6.45) is 1.34. The van der Waals surface area contributed by atoms with Gasteiger partial charge in [-0.2, -0.15) is 9.29 Å². The molecular formula is C25H30N4O4S. The van der Waals surface area contributed by atoms with Crippen LogP contribution >= 0.6 is 0 Å². The Kier molecular flexibility index (Phi) is 6.35. The van der Waals surface area contributed by atoms with Crippen LogP contribution in [-0.4, -0.2) is 42.4 Å². The maximum absolute atomic E-state index is 13.1. The van der Waals surface area contributed by atoms with Gasteiger partial charge in [-0.3, -0.25) is 4.79 Å². The Morgan fingerprint density at radius 3 is 2.41 bits per heavy atom. The van der Waals surface area contributed by atoms with E-state index in [1.165, 1.54) is 23.0 Å². The van der Waals surface area contributed by atoms with Crippen molar-refractivity contribution in [1.82, 2.24) is 14.4 Å². The van der Waals surface area contributed by atoms with Gasteiger partial charge in [0.05, 0.1) is 11.4 Å². The van der Waals surface area contributed by atoms with Crippen molar-refractivity contribution in [2.45, 2.75) is 57.4 Å². The third-order valence-electron chi connectivity index (χ3n) is 6.08. The molecule has 34 heavy (non-hydrogen) atoms. The van der Waals surface area contributed by atoms with Crippen LogP contribution in [0.1, 0.15) is 50.6 Å². The van der Waals surface area contributed by atoms with E-state index in [9.17, 15) is 13.2 Å². The highest BCUT2D eigenvalue weighted by Gasteiger charge is 2.27. The van der Waals surface area contributed by atoms with Crippen LogP contribution in [0.3, 0.4) is 0 Å². The van der Waals surface area contributed by atoms with Crippen molar-refractivity contribution in [3.05, 3.63) is 59.5 Å². The third-order valence-corrected chi connectivity index (χ3v) is 7.88. The molecular weight excluding hydrogens is 452 g/mol. The Hall–Kier alpha value is -3.04. The van der Waals surface area contributed by atoms with Gasteiger partial charge in [-0.15, -0.1) is 0 Å². The lowest BCUT2D eigenvalue weighted by atomic mass is 9.87. The molecule has 1 aliphatic heterocycles. The van der Waals surface area contributed by atoms with Gasteiger partial charge >= 0.3 is 0 Å². The molecule has 0 unspecified atom stereocenters. The average Bonchev–Trinajstić information content (AvgIpc) is 3.42. The standard InChI is InChI=1S/C25H30N4O4S/c1-17-15-20(12-13-21(17)29-14-6-7-23(29)30)34(31,32)28(5)16-22-26-24(27-33-22)18-8-10-19(11-9-18)25(2,3)4/h8-13,15H,6-7,14,16H2,1-5H3. The van der Waals surface area contributed by atoms with E-state index in [1.807, 2.05) is 31.2 Å². The SMILES string of the molecule is Cc1cc(S(=O)(=O)N(C)Cc2nc(-c3ccc(C(C)(C)C)cc3)no2)ccc1N1CCCC1=O. The molecule has 0 radical (unpaired) electrons. The van der Waals surface area contributed by atoms with Crippen LogP contribution in [0.5, 0.6) is 0 Å². The number of hydrogen-bond donors (Lipinski definition) is 0. The molecule has 2 aromatic carbocycles. The van der Waals surface area contributed by atoms with Crippen LogP contribution in [0.15, 0.2) is 51.9 Å². The molecule has 9 heteroatoms. The molecule has 8 nitrogen and oxygen atoms in total. The first-order chi connectivity index (χ1) is 16.0. The third kappa shape index (κ3) is 4.76. The average molecular weight is 483 g/mol. The normalized spacial score (nSPS) is 14.9. The molecule has 1 saturated heterocycles. The highest BCUT2D eigenvalue weighted by Crippen LogP contribution is 2.29. The molecule has 2 heterocycles. The zero-order valence-corrected chi connectivity index (χ0v) is 21.0. The van der Waals surface area contributed by atoms with Crippen LogP contribution < -0.4 is 4.90 Å². The van der Waals surface area contributed by atoms with Gasteiger partial charge in [0.15, 0.2) is 0 Å². The second-order valence-electron chi connectivity index (χ2n) is 9.70. The van der Waals surface area contributed by atoms with Crippen molar-refractivity contribution in [2.24, 2.45) is 0 Å². The van der Waals surface area contributed by atoms with E-state index in [0.29, 0.717) is 18.8 Å². The summed E-state index contributed by atoms with van der Waals surface area (Å²) in [6.45, 7) is 8.85. The largest absolute Gasteiger partial charge is 0.338 e. The second kappa shape index (κ2) is 8.96. The number of nitrogens with zero attached hydrogens (tertiary/aromatic N) is 4. The molecule has 0 atom stereocenters. The number of sulfonamides is 1. The van der Waals surface area contributed by atoms with Crippen molar-refractivity contribution >= 4 is 21.6 Å². The van der Waals surface area contributed by atoms with Crippen molar-refractivity contribution in [3.8, 4) is 11.4 Å². The first kappa shape index (κ1) is 24.1. The monoisotopic (exact) mass is 482 g/mol. The minimum atomic E-state index is -3.79. The highest BCUT2D eigenvalue weighted by molar-refractivity contribution is 7.89. The first-order valence-electron chi connectivity index (χ1n) is 11.3. The van der Waals surface area contributed by atoms with Crippen molar-refractivity contribution in [2.75, 3.05) is 18.5 Å². The van der Waals surface area contributed by atoms with Crippen LogP contribution in [0.2, 0.25) is 0 Å². The Morgan fingerprint density at radius 1 is 1.12 bits per heavy atom. The lowest BCUT2D eigenvalue weighted by Gasteiger charge is -2.20. The van der Waals surface area contributed by atoms with E-state index >= 15 is 0 Å². The van der Waals surface area contributed by atoms with Gasteiger partial charge < -0.3 is 9.42 Å². The fraction of sp³-hybridized carbons (Fsp3) is 0.400. The second-order valence-corrected chi connectivity index (χ2v) is 11.7. The number of anilines is 1. The zero-order chi connectivity index (χ0) is 24.7. The topological polar surface area (TPSA) is 96.6 Å². The van der Waals surface area contributed by atoms with E-state index in [-0.39, 0.29) is 28.7 Å². The Bertz CT molecular complexity index is 1310. The van der Waals surface area contributed by atoms with Gasteiger partial charge in [-0.25, -0.2) is 8.42 Å². The first-order valence-corrected chi connectivity index (χ1v) is 12.7. The van der Waals surface area contributed by atoms with Gasteiger partial charge in [0.2, 0.25) is 27.6 Å². The van der Waals surface area contributed by atoms with Gasteiger partial charge in [0, 0.05) is 31.3 Å². The quantitative estimate of drug-likeness (QED) is 0.520. The number of carbonyl (C=O) groups is 1. The summed E-state index contributed by atoms with van der Waals surface area (Å²) >= 11 is 0. The molecule has 0 aliphatic carbocycles. The molecule has 1 aromatic heterocycles. The molecule has 3 aromatic rings. The van der Waals surface area contributed by atoms with Crippen molar-refractivity contribution < 1.29 is 17.7 Å². The summed E-state index contributed by atoms with van der Waals surface area (Å²) in [6, 6.07) is 12.8. The van der Waals surface area contributed by atoms with Crippen LogP contribution in [0.4, 0.5) is 5.69 Å². The van der Waals surface area contributed by atoms with Crippen molar-refractivity contribution in [1.29, 1.82) is 0 Å². The zero-order valence-electron chi connectivity index (χ0n) is 20.2. The van der Waals surface area contributed by atoms with Crippen molar-refractivity contribution in [3.63, 3.8) is 0 Å². The molecule has 0 saturated carbocycles. The molecule has 4 rings (SSSR count). The minimum absolute atomic E-state index is 0.0403. The summed E-state index contributed by atoms with van der Waals surface area (Å²) in [5, 5.41) is 4.02. The molecule has 0 N–H and O–H groups in total. The summed E-state index contributed by atoms with van der Waals surface area (Å²) in [5.74, 6) is 0.685. The Balaban J connectivity index is 1.49. The van der Waals surface area contributed by atoms with Gasteiger partial charge in [-0.1, -0.05) is 50.2 Å². The van der Waals surface area contributed by atoms with Gasteiger partial charge in [-0.05, 0) is 48.1 Å². The summed E-state index contributed by atoms with van der Waals surface area (Å²) < 4.78 is 32.8. The Labute approximate surface area is 200 Å². The number of aryl methyl sites for hydroxylation is 1. The highest BCUT2D eigenvalue weighted by atomic mass is 32.2. The number of carbonyl (C=O) groups excluding carboxylic acids is 1. The number of hydrogen-bond acceptors (Lipinski definition) is 6. The molecule has 0 bridgehead atoms. The van der Waals surface area contributed by atoms with Crippen LogP contribution in [0.25, 0.3) is 11.4 Å². The molecule has 0 spiro atoms. The van der Waals surface area contributed by atoms with E-state index < -0.39 is 10.0 Å². The molecule has 1 aliphatic rings. The number of aromatic nitrogens is 2. The number of amides is 1. The number of benzene rings is 2. The molecule has 1 fully saturated rings. The number of rotatable bonds is 6. The summed E-state index contributed by atoms with van der Waals surface area (Å²) in [7, 11) is -2.31. The van der Waals surface area contributed by atoms with Gasteiger partial charge in [0.1, 0.15) is 0 Å². The molecule has 1 amide bonds. The predicted molar refractivity (Wildman–Crippen MR) is 130 cm³/mol. The predicted octanol–water partition coefficient (Wildman–Crippen LogP) is 4.29. The fourth-order valence-corrected chi connectivity index (χ4v) is 5.21. The van der Waals surface area contributed by atoms with E-state index in [2.05, 4.69) is 30.9 Å². The van der Waals surface area contributed by atoms with Crippen LogP contribution in [0, 0.1) is 6.92 Å². The molecule has 180 valence electrons. The lowest BCUT2D eigenvalue weighted by molar-refractivity contribution is -0.117. The summed E-state index contributed by atoms with van der Waals surface area (Å²) in [5.41, 5.74) is 3.53. The van der Waals surface area contributed by atoms with E-state index in [4.69, 9.17) is 4.52 Å². The Morgan fingerprint density at radius 2 is 1.82 bits per heavy atom. The smallest absolute Gasteiger partial charge is 0.243 e. The van der Waals surface area contributed by atoms with E-state index in [0.717, 1.165) is 23.2 Å². The minimum Gasteiger partial charge on any atom is -0.338 e. The van der Waals surface area contributed by atoms with Gasteiger partial charge in [0.25, 0.3) is 0 Å². The maximum Gasteiger partial charge on any atom is 0.243 e. The fourth-order valence-electron chi connectivity index (χ4n) is 4.01. The van der Waals surface area contributed by atoms with E-state index in [1.54, 1.807) is 17.0 Å². The maximum atomic E-state index is 13.1. The summed E-state index contributed by atoms with van der Waals surface area (Å²) in [4.78, 5) is 18.3. The van der Waals surface area contributed by atoms with Crippen LogP contribution in [-0.2, 0) is 26.8 Å². The lowest BCUT2D eigenvalue weighted by Crippen LogP contribution is -2.27.